The van der Waals surface area contributed by atoms with E-state index in [0.29, 0.717) is 12.8 Å². The monoisotopic (exact) mass is 221 g/mol. The van der Waals surface area contributed by atoms with Crippen LogP contribution >= 0.6 is 7.29 Å². The summed E-state index contributed by atoms with van der Waals surface area (Å²) in [5.41, 5.74) is -0.711. The highest BCUT2D eigenvalue weighted by Gasteiger charge is 2.53. The molecule has 1 saturated carbocycles. The number of esters is 1. The third-order valence-electron chi connectivity index (χ3n) is 2.15. The Morgan fingerprint density at radius 1 is 1.50 bits per heavy atom. The molecule has 0 aromatic rings. The Bertz CT molecular complexity index is 275. The Hall–Kier alpha value is -0.380. The predicted molar refractivity (Wildman–Crippen MR) is 52.5 cm³/mol. The zero-order valence-corrected chi connectivity index (χ0v) is 9.60. The molecule has 0 amide bonds. The fourth-order valence-electron chi connectivity index (χ4n) is 1.41. The largest absolute Gasteiger partial charge is 0.468 e. The SMILES string of the molecule is COCP(C)(=O)NC1(C(=O)OC)CC1. The summed E-state index contributed by atoms with van der Waals surface area (Å²) in [7, 11) is 0.224. The molecule has 0 saturated heterocycles. The number of hydrogen-bond acceptors (Lipinski definition) is 4. The molecule has 6 heteroatoms. The van der Waals surface area contributed by atoms with E-state index in [9.17, 15) is 9.36 Å². The highest BCUT2D eigenvalue weighted by molar-refractivity contribution is 7.61. The molecular formula is C8H16NO4P. The lowest BCUT2D eigenvalue weighted by Crippen LogP contribution is -2.38. The van der Waals surface area contributed by atoms with E-state index in [4.69, 9.17) is 4.74 Å². The third kappa shape index (κ3) is 2.56. The smallest absolute Gasteiger partial charge is 0.326 e. The first-order valence-corrected chi connectivity index (χ1v) is 6.73. The van der Waals surface area contributed by atoms with E-state index < -0.39 is 12.8 Å². The molecule has 1 atom stereocenters. The van der Waals surface area contributed by atoms with Crippen LogP contribution in [-0.4, -0.2) is 38.7 Å². The summed E-state index contributed by atoms with van der Waals surface area (Å²) < 4.78 is 21.3. The lowest BCUT2D eigenvalue weighted by atomic mass is 10.3. The lowest BCUT2D eigenvalue weighted by molar-refractivity contribution is -0.143. The van der Waals surface area contributed by atoms with Crippen LogP contribution in [0.1, 0.15) is 12.8 Å². The van der Waals surface area contributed by atoms with Crippen molar-refractivity contribution >= 4 is 13.3 Å². The molecule has 0 aromatic carbocycles. The predicted octanol–water partition coefficient (Wildman–Crippen LogP) is 0.793. The minimum Gasteiger partial charge on any atom is -0.468 e. The molecule has 1 fully saturated rings. The molecule has 14 heavy (non-hydrogen) atoms. The summed E-state index contributed by atoms with van der Waals surface area (Å²) in [5.74, 6) is -0.337. The van der Waals surface area contributed by atoms with Crippen LogP contribution in [0.15, 0.2) is 0 Å². The zero-order valence-electron chi connectivity index (χ0n) is 8.70. The standard InChI is InChI=1S/C8H16NO4P/c1-12-6-14(3,11)9-8(4-5-8)7(10)13-2/h4-6H2,1-3H3,(H,9,11). The molecule has 1 aliphatic carbocycles. The highest BCUT2D eigenvalue weighted by Crippen LogP contribution is 2.47. The van der Waals surface area contributed by atoms with Gasteiger partial charge in [0, 0.05) is 13.8 Å². The Morgan fingerprint density at radius 3 is 2.43 bits per heavy atom. The molecule has 1 aliphatic rings. The van der Waals surface area contributed by atoms with E-state index in [0.717, 1.165) is 0 Å². The quantitative estimate of drug-likeness (QED) is 0.549. The number of methoxy groups -OCH3 is 2. The maximum absolute atomic E-state index is 11.8. The summed E-state index contributed by atoms with van der Waals surface area (Å²) in [6.07, 6.45) is 1.49. The van der Waals surface area contributed by atoms with Gasteiger partial charge in [0.1, 0.15) is 11.9 Å². The second-order valence-corrected chi connectivity index (χ2v) is 6.39. The molecule has 5 nitrogen and oxygen atoms in total. The first-order chi connectivity index (χ1) is 6.46. The topological polar surface area (TPSA) is 64.6 Å². The number of carbonyl (C=O) groups excluding carboxylic acids is 1. The van der Waals surface area contributed by atoms with Crippen molar-refractivity contribution in [3.8, 4) is 0 Å². The molecule has 1 N–H and O–H groups in total. The number of nitrogens with one attached hydrogen (secondary N) is 1. The van der Waals surface area contributed by atoms with Crippen molar-refractivity contribution in [1.82, 2.24) is 5.09 Å². The van der Waals surface area contributed by atoms with Crippen LogP contribution in [-0.2, 0) is 18.8 Å². The molecule has 0 bridgehead atoms. The van der Waals surface area contributed by atoms with Gasteiger partial charge in [0.25, 0.3) is 0 Å². The van der Waals surface area contributed by atoms with Crippen molar-refractivity contribution in [3.05, 3.63) is 0 Å². The summed E-state index contributed by atoms with van der Waals surface area (Å²) in [4.78, 5) is 11.3. The van der Waals surface area contributed by atoms with E-state index in [-0.39, 0.29) is 12.3 Å². The van der Waals surface area contributed by atoms with Crippen LogP contribution in [0.2, 0.25) is 0 Å². The van der Waals surface area contributed by atoms with E-state index in [1.807, 2.05) is 0 Å². The van der Waals surface area contributed by atoms with E-state index in [1.54, 1.807) is 6.66 Å². The van der Waals surface area contributed by atoms with Gasteiger partial charge in [-0.3, -0.25) is 4.79 Å². The maximum atomic E-state index is 11.8. The second-order valence-electron chi connectivity index (χ2n) is 3.70. The highest BCUT2D eigenvalue weighted by atomic mass is 31.2. The normalized spacial score (nSPS) is 22.5. The van der Waals surface area contributed by atoms with Gasteiger partial charge < -0.3 is 14.0 Å². The van der Waals surface area contributed by atoms with Crippen molar-refractivity contribution < 1.29 is 18.8 Å². The molecule has 82 valence electrons. The van der Waals surface area contributed by atoms with Crippen LogP contribution in [0.25, 0.3) is 0 Å². The van der Waals surface area contributed by atoms with Crippen LogP contribution in [0, 0.1) is 0 Å². The lowest BCUT2D eigenvalue weighted by Gasteiger charge is -2.20. The first kappa shape index (κ1) is 11.7. The summed E-state index contributed by atoms with van der Waals surface area (Å²) in [6, 6.07) is 0. The molecule has 0 radical (unpaired) electrons. The van der Waals surface area contributed by atoms with Gasteiger partial charge in [0.2, 0.25) is 0 Å². The van der Waals surface area contributed by atoms with Gasteiger partial charge in [-0.2, -0.15) is 0 Å². The Labute approximate surface area is 83.6 Å². The summed E-state index contributed by atoms with van der Waals surface area (Å²) >= 11 is 0. The molecule has 0 spiro atoms. The van der Waals surface area contributed by atoms with Crippen LogP contribution in [0.5, 0.6) is 0 Å². The average molecular weight is 221 g/mol. The van der Waals surface area contributed by atoms with Gasteiger partial charge in [-0.05, 0) is 12.8 Å². The van der Waals surface area contributed by atoms with Gasteiger partial charge >= 0.3 is 5.97 Å². The molecule has 1 unspecified atom stereocenters. The first-order valence-electron chi connectivity index (χ1n) is 4.39. The van der Waals surface area contributed by atoms with Gasteiger partial charge in [0.05, 0.1) is 7.11 Å². The number of ether oxygens (including phenoxy) is 2. The Balaban J connectivity index is 2.59. The third-order valence-corrected chi connectivity index (χ3v) is 3.80. The zero-order chi connectivity index (χ0) is 10.8. The number of hydrogen-bond donors (Lipinski definition) is 1. The molecule has 0 heterocycles. The molecular weight excluding hydrogens is 205 g/mol. The fourth-order valence-corrected chi connectivity index (χ4v) is 3.19. The van der Waals surface area contributed by atoms with Gasteiger partial charge in [-0.15, -0.1) is 0 Å². The minimum absolute atomic E-state index is 0.131. The van der Waals surface area contributed by atoms with E-state index in [2.05, 4.69) is 9.82 Å². The molecule has 1 rings (SSSR count). The van der Waals surface area contributed by atoms with Crippen LogP contribution in [0.3, 0.4) is 0 Å². The number of carbonyl (C=O) groups is 1. The van der Waals surface area contributed by atoms with E-state index in [1.165, 1.54) is 14.2 Å². The van der Waals surface area contributed by atoms with Crippen LogP contribution < -0.4 is 5.09 Å². The number of rotatable bonds is 5. The van der Waals surface area contributed by atoms with Crippen molar-refractivity contribution in [2.75, 3.05) is 27.2 Å². The van der Waals surface area contributed by atoms with Crippen molar-refractivity contribution in [1.29, 1.82) is 0 Å². The van der Waals surface area contributed by atoms with Crippen molar-refractivity contribution in [2.45, 2.75) is 18.4 Å². The fraction of sp³-hybridized carbons (Fsp3) is 0.875. The Kier molecular flexibility index (Phi) is 3.35. The van der Waals surface area contributed by atoms with Gasteiger partial charge in [-0.1, -0.05) is 0 Å². The van der Waals surface area contributed by atoms with Gasteiger partial charge in [-0.25, -0.2) is 5.09 Å². The minimum atomic E-state index is -2.59. The van der Waals surface area contributed by atoms with E-state index >= 15 is 0 Å². The Morgan fingerprint density at radius 2 is 2.07 bits per heavy atom. The van der Waals surface area contributed by atoms with Gasteiger partial charge in [0.15, 0.2) is 7.29 Å². The maximum Gasteiger partial charge on any atom is 0.326 e. The molecule has 0 aliphatic heterocycles. The van der Waals surface area contributed by atoms with Crippen LogP contribution in [0.4, 0.5) is 0 Å². The average Bonchev–Trinajstić information content (AvgIpc) is 2.83. The summed E-state index contributed by atoms with van der Waals surface area (Å²) in [6.45, 7) is 1.57. The molecule has 0 aromatic heterocycles. The second kappa shape index (κ2) is 4.01. The summed E-state index contributed by atoms with van der Waals surface area (Å²) in [5, 5.41) is 2.85. The van der Waals surface area contributed by atoms with Crippen molar-refractivity contribution in [2.24, 2.45) is 0 Å². The van der Waals surface area contributed by atoms with Crippen molar-refractivity contribution in [3.63, 3.8) is 0 Å².